The van der Waals surface area contributed by atoms with Crippen LogP contribution in [0.15, 0.2) is 72.8 Å². The van der Waals surface area contributed by atoms with E-state index in [-0.39, 0.29) is 5.69 Å². The van der Waals surface area contributed by atoms with Gasteiger partial charge in [0, 0.05) is 5.56 Å². The van der Waals surface area contributed by atoms with E-state index < -0.39 is 5.91 Å². The highest BCUT2D eigenvalue weighted by Crippen LogP contribution is 2.28. The summed E-state index contributed by atoms with van der Waals surface area (Å²) in [7, 11) is 0. The molecule has 0 aliphatic carbocycles. The fourth-order valence-corrected chi connectivity index (χ4v) is 3.10. The Bertz CT molecular complexity index is 1110. The first-order valence-corrected chi connectivity index (χ1v) is 8.33. The number of benzene rings is 3. The summed E-state index contributed by atoms with van der Waals surface area (Å²) in [6.45, 7) is 2.02. The van der Waals surface area contributed by atoms with E-state index in [1.165, 1.54) is 0 Å². The Hall–Kier alpha value is -3.44. The fourth-order valence-electron chi connectivity index (χ4n) is 3.10. The summed E-state index contributed by atoms with van der Waals surface area (Å²) < 4.78 is 1.80. The van der Waals surface area contributed by atoms with E-state index in [9.17, 15) is 4.79 Å². The van der Waals surface area contributed by atoms with Crippen molar-refractivity contribution in [2.75, 3.05) is 0 Å². The molecule has 4 aromatic rings. The molecule has 5 heteroatoms. The van der Waals surface area contributed by atoms with Crippen LogP contribution in [0.1, 0.15) is 16.1 Å². The molecule has 0 aliphatic heterocycles. The van der Waals surface area contributed by atoms with Crippen molar-refractivity contribution in [3.63, 3.8) is 0 Å². The number of carbonyl (C=O) groups is 1. The molecule has 0 spiro atoms. The quantitative estimate of drug-likeness (QED) is 0.339. The highest BCUT2D eigenvalue weighted by atomic mass is 16.2. The average Bonchev–Trinajstić information content (AvgIpc) is 3.12. The molecule has 128 valence electrons. The number of aromatic nitrogens is 2. The molecule has 4 rings (SSSR count). The molecule has 0 fully saturated rings. The van der Waals surface area contributed by atoms with Crippen LogP contribution in [0, 0.1) is 6.92 Å². The molecule has 1 heterocycles. The summed E-state index contributed by atoms with van der Waals surface area (Å²) in [5.74, 6) is 4.88. The van der Waals surface area contributed by atoms with E-state index in [0.717, 1.165) is 33.3 Å². The lowest BCUT2D eigenvalue weighted by Gasteiger charge is -2.11. The fraction of sp³-hybridized carbons (Fsp3) is 0.0476. The molecule has 0 aliphatic rings. The summed E-state index contributed by atoms with van der Waals surface area (Å²) in [6, 6.07) is 24.1. The minimum atomic E-state index is -0.417. The number of aryl methyl sites for hydroxylation is 1. The third-order valence-corrected chi connectivity index (χ3v) is 4.46. The van der Waals surface area contributed by atoms with Gasteiger partial charge in [0.2, 0.25) is 0 Å². The molecule has 0 bridgehead atoms. The van der Waals surface area contributed by atoms with Gasteiger partial charge in [0.1, 0.15) is 0 Å². The summed E-state index contributed by atoms with van der Waals surface area (Å²) >= 11 is 0. The Balaban J connectivity index is 1.95. The predicted octanol–water partition coefficient (Wildman–Crippen LogP) is 3.60. The van der Waals surface area contributed by atoms with Crippen LogP contribution >= 0.6 is 0 Å². The number of nitrogen functional groups attached to an aromatic ring is 1. The Labute approximate surface area is 151 Å². The molecule has 0 saturated heterocycles. The van der Waals surface area contributed by atoms with Crippen LogP contribution in [0.5, 0.6) is 0 Å². The van der Waals surface area contributed by atoms with Crippen molar-refractivity contribution in [3.05, 3.63) is 84.1 Å². The van der Waals surface area contributed by atoms with Gasteiger partial charge in [-0.2, -0.15) is 5.10 Å². The number of nitrogens with two attached hydrogens (primary N) is 1. The molecule has 3 N–H and O–H groups in total. The number of nitrogens with one attached hydrogen (secondary N) is 1. The minimum Gasteiger partial charge on any atom is -0.289 e. The SMILES string of the molecule is Cc1ccccc1-n1nc(C(=O)NN)cc1-c1ccc2ccccc2c1. The molecular weight excluding hydrogens is 324 g/mol. The number of fused-ring (bicyclic) bond motifs is 1. The summed E-state index contributed by atoms with van der Waals surface area (Å²) in [5.41, 5.74) is 6.24. The molecule has 0 radical (unpaired) electrons. The van der Waals surface area contributed by atoms with Crippen LogP contribution < -0.4 is 11.3 Å². The first kappa shape index (κ1) is 16.1. The van der Waals surface area contributed by atoms with Crippen LogP contribution in [0.4, 0.5) is 0 Å². The van der Waals surface area contributed by atoms with Gasteiger partial charge in [-0.25, -0.2) is 10.5 Å². The van der Waals surface area contributed by atoms with E-state index in [1.54, 1.807) is 10.7 Å². The minimum absolute atomic E-state index is 0.277. The first-order valence-electron chi connectivity index (χ1n) is 8.33. The van der Waals surface area contributed by atoms with Gasteiger partial charge in [-0.1, -0.05) is 54.6 Å². The van der Waals surface area contributed by atoms with Gasteiger partial charge in [-0.05, 0) is 41.5 Å². The van der Waals surface area contributed by atoms with E-state index in [2.05, 4.69) is 34.8 Å². The molecule has 0 saturated carbocycles. The summed E-state index contributed by atoms with van der Waals surface area (Å²) in [5, 5.41) is 6.79. The third-order valence-electron chi connectivity index (χ3n) is 4.46. The molecule has 5 nitrogen and oxygen atoms in total. The molecule has 0 atom stereocenters. The van der Waals surface area contributed by atoms with Crippen molar-refractivity contribution in [2.24, 2.45) is 5.84 Å². The number of hydrogen-bond donors (Lipinski definition) is 2. The zero-order chi connectivity index (χ0) is 18.1. The molecule has 26 heavy (non-hydrogen) atoms. The Kier molecular flexibility index (Phi) is 3.99. The van der Waals surface area contributed by atoms with E-state index in [4.69, 9.17) is 5.84 Å². The lowest BCUT2D eigenvalue weighted by atomic mass is 10.0. The van der Waals surface area contributed by atoms with Crippen molar-refractivity contribution in [2.45, 2.75) is 6.92 Å². The van der Waals surface area contributed by atoms with Gasteiger partial charge in [0.05, 0.1) is 11.4 Å². The number of amides is 1. The molecular formula is C21H18N4O. The topological polar surface area (TPSA) is 72.9 Å². The van der Waals surface area contributed by atoms with E-state index in [0.29, 0.717) is 0 Å². The Morgan fingerprint density at radius 2 is 1.69 bits per heavy atom. The monoisotopic (exact) mass is 342 g/mol. The van der Waals surface area contributed by atoms with Crippen LogP contribution in [0.2, 0.25) is 0 Å². The van der Waals surface area contributed by atoms with Crippen LogP contribution in [0.3, 0.4) is 0 Å². The standard InChI is InChI=1S/C21H18N4O/c1-14-6-2-5-9-19(14)25-20(13-18(24-25)21(26)23-22)17-11-10-15-7-3-4-8-16(15)12-17/h2-13H,22H2,1H3,(H,23,26). The number of hydrogen-bond acceptors (Lipinski definition) is 3. The van der Waals surface area contributed by atoms with E-state index >= 15 is 0 Å². The van der Waals surface area contributed by atoms with Crippen LogP contribution in [-0.2, 0) is 0 Å². The Morgan fingerprint density at radius 3 is 2.46 bits per heavy atom. The molecule has 1 aromatic heterocycles. The van der Waals surface area contributed by atoms with Gasteiger partial charge >= 0.3 is 0 Å². The van der Waals surface area contributed by atoms with Crippen molar-refractivity contribution in [1.82, 2.24) is 15.2 Å². The van der Waals surface area contributed by atoms with Crippen molar-refractivity contribution >= 4 is 16.7 Å². The third kappa shape index (κ3) is 2.74. The maximum absolute atomic E-state index is 12.0. The lowest BCUT2D eigenvalue weighted by Crippen LogP contribution is -2.30. The van der Waals surface area contributed by atoms with Crippen LogP contribution in [-0.4, -0.2) is 15.7 Å². The zero-order valence-electron chi connectivity index (χ0n) is 14.3. The number of nitrogens with zero attached hydrogens (tertiary/aromatic N) is 2. The highest BCUT2D eigenvalue weighted by Gasteiger charge is 2.17. The predicted molar refractivity (Wildman–Crippen MR) is 103 cm³/mol. The normalized spacial score (nSPS) is 10.8. The second-order valence-corrected chi connectivity index (χ2v) is 6.15. The van der Waals surface area contributed by atoms with Crippen molar-refractivity contribution < 1.29 is 4.79 Å². The largest absolute Gasteiger partial charge is 0.289 e. The van der Waals surface area contributed by atoms with Gasteiger partial charge < -0.3 is 0 Å². The number of hydrazine groups is 1. The zero-order valence-corrected chi connectivity index (χ0v) is 14.3. The average molecular weight is 342 g/mol. The molecule has 3 aromatic carbocycles. The number of para-hydroxylation sites is 1. The van der Waals surface area contributed by atoms with Crippen molar-refractivity contribution in [1.29, 1.82) is 0 Å². The lowest BCUT2D eigenvalue weighted by molar-refractivity contribution is 0.0948. The van der Waals surface area contributed by atoms with Crippen molar-refractivity contribution in [3.8, 4) is 16.9 Å². The maximum Gasteiger partial charge on any atom is 0.285 e. The number of rotatable bonds is 3. The second-order valence-electron chi connectivity index (χ2n) is 6.15. The molecule has 1 amide bonds. The second kappa shape index (κ2) is 6.46. The van der Waals surface area contributed by atoms with Gasteiger partial charge in [-0.3, -0.25) is 10.2 Å². The molecule has 0 unspecified atom stereocenters. The smallest absolute Gasteiger partial charge is 0.285 e. The Morgan fingerprint density at radius 1 is 0.962 bits per heavy atom. The van der Waals surface area contributed by atoms with Gasteiger partial charge in [0.15, 0.2) is 5.69 Å². The van der Waals surface area contributed by atoms with Gasteiger partial charge in [0.25, 0.3) is 5.91 Å². The summed E-state index contributed by atoms with van der Waals surface area (Å²) in [4.78, 5) is 12.0. The highest BCUT2D eigenvalue weighted by molar-refractivity contribution is 5.94. The first-order chi connectivity index (χ1) is 12.7. The van der Waals surface area contributed by atoms with Gasteiger partial charge in [-0.15, -0.1) is 0 Å². The summed E-state index contributed by atoms with van der Waals surface area (Å²) in [6.07, 6.45) is 0. The van der Waals surface area contributed by atoms with Crippen LogP contribution in [0.25, 0.3) is 27.7 Å². The van der Waals surface area contributed by atoms with E-state index in [1.807, 2.05) is 49.4 Å². The maximum atomic E-state index is 12.0. The number of carbonyl (C=O) groups excluding carboxylic acids is 1.